The summed E-state index contributed by atoms with van der Waals surface area (Å²) in [5, 5.41) is 11.6. The van der Waals surface area contributed by atoms with Crippen molar-refractivity contribution < 1.29 is 63.4 Å². The monoisotopic (exact) mass is 953 g/mol. The van der Waals surface area contributed by atoms with Crippen molar-refractivity contribution >= 4 is 35.7 Å². The first-order valence-electron chi connectivity index (χ1n) is 19.8. The van der Waals surface area contributed by atoms with E-state index in [2.05, 4.69) is 30.8 Å². The molecule has 1 aliphatic heterocycles. The maximum absolute atomic E-state index is 15.5. The number of carbonyl (C=O) groups excluding carboxylic acids is 3. The largest absolute Gasteiger partial charge is 0.447 e. The summed E-state index contributed by atoms with van der Waals surface area (Å²) in [5.74, 6) is -2.49. The van der Waals surface area contributed by atoms with E-state index in [0.29, 0.717) is 15.1 Å². The summed E-state index contributed by atoms with van der Waals surface area (Å²) >= 11 is 6.47. The molecule has 3 heterocycles. The number of alkyl halides is 9. The summed E-state index contributed by atoms with van der Waals surface area (Å²) in [5.41, 5.74) is -7.05. The van der Waals surface area contributed by atoms with Crippen LogP contribution in [0.5, 0.6) is 0 Å². The van der Waals surface area contributed by atoms with Gasteiger partial charge < -0.3 is 14.8 Å². The van der Waals surface area contributed by atoms with Crippen molar-refractivity contribution in [3.63, 3.8) is 0 Å². The summed E-state index contributed by atoms with van der Waals surface area (Å²) in [7, 11) is 0. The second-order valence-corrected chi connectivity index (χ2v) is 16.4. The molecular formula is C42H37ClF9N9O5. The molecule has 1 fully saturated rings. The van der Waals surface area contributed by atoms with Crippen LogP contribution in [0.1, 0.15) is 68.9 Å². The normalized spacial score (nSPS) is 17.6. The summed E-state index contributed by atoms with van der Waals surface area (Å²) in [6.07, 6.45) is -10.2. The van der Waals surface area contributed by atoms with Crippen LogP contribution in [0.25, 0.3) is 22.6 Å². The summed E-state index contributed by atoms with van der Waals surface area (Å²) < 4.78 is 139. The molecule has 1 aliphatic carbocycles. The zero-order valence-electron chi connectivity index (χ0n) is 34.5. The van der Waals surface area contributed by atoms with Crippen molar-refractivity contribution in [2.24, 2.45) is 10.4 Å². The van der Waals surface area contributed by atoms with Crippen LogP contribution in [0, 0.1) is 5.41 Å². The van der Waals surface area contributed by atoms with Gasteiger partial charge in [0.1, 0.15) is 25.1 Å². The zero-order chi connectivity index (χ0) is 47.8. The number of guanidine groups is 1. The molecule has 0 saturated heterocycles. The molecular weight excluding hydrogens is 917 g/mol. The topological polar surface area (TPSA) is 158 Å². The lowest BCUT2D eigenvalue weighted by molar-refractivity contribution is -0.218. The molecule has 24 heteroatoms. The first kappa shape index (κ1) is 47.3. The minimum atomic E-state index is -5.00. The van der Waals surface area contributed by atoms with Crippen LogP contribution in [-0.2, 0) is 26.4 Å². The minimum Gasteiger partial charge on any atom is -0.447 e. The Morgan fingerprint density at radius 1 is 0.894 bits per heavy atom. The Morgan fingerprint density at radius 3 is 2.20 bits per heavy atom. The van der Waals surface area contributed by atoms with Crippen molar-refractivity contribution in [3.05, 3.63) is 113 Å². The standard InChI is InChI=1S/C42H37ClF9N9O5/c1-39(2,42(50,51)52)21-41(26-11-8-24(9-12-26)29-14-17-59(58-29)34(46)47)33(62)60(36(56-41)55-37(63)65-19-23-6-4-3-5-7-23)30(20-66-38(64)57-40(15-16-40)32(44)45)25-10-13-28(43)27(18-25)31-53-22-54-61(31)35(48)49/h3-14,17-18,22,30,32,34-35H,15-16,19-21H2,1-2H3,(H,57,64)(H,55,56,63)/t30-,41-/m1/s1. The van der Waals surface area contributed by atoms with Gasteiger partial charge in [0.05, 0.1) is 22.2 Å². The van der Waals surface area contributed by atoms with Gasteiger partial charge in [-0.3, -0.25) is 15.0 Å². The smallest absolute Gasteiger partial charge is 0.414 e. The third-order valence-corrected chi connectivity index (χ3v) is 11.4. The number of aromatic nitrogens is 5. The number of aliphatic imine (C=N–C) groups is 1. The molecule has 3 aromatic carbocycles. The van der Waals surface area contributed by atoms with E-state index in [9.17, 15) is 49.1 Å². The van der Waals surface area contributed by atoms with Gasteiger partial charge in [-0.15, -0.1) is 0 Å². The summed E-state index contributed by atoms with van der Waals surface area (Å²) in [6.45, 7) is -5.94. The van der Waals surface area contributed by atoms with Crippen molar-refractivity contribution in [1.82, 2.24) is 40.1 Å². The lowest BCUT2D eigenvalue weighted by atomic mass is 9.74. The average Bonchev–Trinajstić information content (AvgIpc) is 3.55. The lowest BCUT2D eigenvalue weighted by Crippen LogP contribution is -2.51. The second kappa shape index (κ2) is 18.3. The van der Waals surface area contributed by atoms with Crippen LogP contribution in [0.3, 0.4) is 0 Å². The molecule has 2 aliphatic rings. The Morgan fingerprint density at radius 2 is 1.59 bits per heavy atom. The number of halogens is 10. The number of rotatable bonds is 15. The number of benzene rings is 3. The van der Waals surface area contributed by atoms with Gasteiger partial charge in [-0.05, 0) is 54.2 Å². The van der Waals surface area contributed by atoms with Gasteiger partial charge in [0.2, 0.25) is 5.96 Å². The molecule has 0 unspecified atom stereocenters. The quantitative estimate of drug-likeness (QED) is 0.0983. The predicted molar refractivity (Wildman–Crippen MR) is 216 cm³/mol. The van der Waals surface area contributed by atoms with Crippen LogP contribution in [0.4, 0.5) is 49.1 Å². The number of hydrogen-bond donors (Lipinski definition) is 2. The van der Waals surface area contributed by atoms with Crippen LogP contribution >= 0.6 is 11.6 Å². The number of hydrogen-bond acceptors (Lipinski definition) is 9. The number of nitrogens with zero attached hydrogens (tertiary/aromatic N) is 7. The van der Waals surface area contributed by atoms with E-state index in [4.69, 9.17) is 21.1 Å². The molecule has 0 radical (unpaired) electrons. The predicted octanol–water partition coefficient (Wildman–Crippen LogP) is 9.82. The highest BCUT2D eigenvalue weighted by molar-refractivity contribution is 6.33. The Bertz CT molecular complexity index is 2600. The minimum absolute atomic E-state index is 0.0365. The Kier molecular flexibility index (Phi) is 13.1. The summed E-state index contributed by atoms with van der Waals surface area (Å²) in [6, 6.07) is 16.4. The summed E-state index contributed by atoms with van der Waals surface area (Å²) in [4.78, 5) is 51.4. The van der Waals surface area contributed by atoms with Gasteiger partial charge >= 0.3 is 31.5 Å². The maximum Gasteiger partial charge on any atom is 0.414 e. The fraction of sp³-hybridized carbons (Fsp3) is 0.357. The zero-order valence-corrected chi connectivity index (χ0v) is 35.2. The van der Waals surface area contributed by atoms with Crippen LogP contribution in [-0.4, -0.2) is 78.2 Å². The Hall–Kier alpha value is -6.65. The number of carbonyl (C=O) groups is 3. The fourth-order valence-corrected chi connectivity index (χ4v) is 7.42. The Balaban J connectivity index is 1.38. The van der Waals surface area contributed by atoms with E-state index in [1.807, 2.05) is 0 Å². The molecule has 3 amide bonds. The molecule has 350 valence electrons. The van der Waals surface area contributed by atoms with Crippen LogP contribution in [0.2, 0.25) is 5.02 Å². The molecule has 1 saturated carbocycles. The molecule has 7 rings (SSSR count). The van der Waals surface area contributed by atoms with E-state index in [-0.39, 0.29) is 57.1 Å². The van der Waals surface area contributed by atoms with E-state index in [1.165, 1.54) is 42.5 Å². The van der Waals surface area contributed by atoms with Gasteiger partial charge in [-0.25, -0.2) is 33.0 Å². The Labute approximate surface area is 373 Å². The first-order valence-corrected chi connectivity index (χ1v) is 20.2. The van der Waals surface area contributed by atoms with Crippen LogP contribution < -0.4 is 10.6 Å². The average molecular weight is 954 g/mol. The van der Waals surface area contributed by atoms with Crippen LogP contribution in [0.15, 0.2) is 96.4 Å². The van der Waals surface area contributed by atoms with Gasteiger partial charge in [-0.1, -0.05) is 86.1 Å². The van der Waals surface area contributed by atoms with Gasteiger partial charge in [0.25, 0.3) is 12.3 Å². The van der Waals surface area contributed by atoms with Crippen molar-refractivity contribution in [3.8, 4) is 22.6 Å². The molecule has 5 aromatic rings. The molecule has 2 N–H and O–H groups in total. The fourth-order valence-electron chi connectivity index (χ4n) is 7.22. The molecule has 2 atom stereocenters. The number of amides is 3. The van der Waals surface area contributed by atoms with E-state index >= 15 is 4.79 Å². The molecule has 2 aromatic heterocycles. The third-order valence-electron chi connectivity index (χ3n) is 11.1. The number of alkyl carbamates (subject to hydrolysis) is 2. The van der Waals surface area contributed by atoms with Gasteiger partial charge in [-0.2, -0.15) is 45.6 Å². The highest BCUT2D eigenvalue weighted by Crippen LogP contribution is 2.51. The lowest BCUT2D eigenvalue weighted by Gasteiger charge is -2.37. The SMILES string of the molecule is CC(C)(C[C@]1(c2ccc(-c3ccn(C(F)F)n3)cc2)N=C(NC(=O)OCc2ccccc2)N([C@H](COC(=O)NC2(C(F)F)CC2)c2ccc(Cl)c(-c3ncnn3C(F)F)c2)C1=O)C(F)(F)F. The first-order chi connectivity index (χ1) is 31.1. The molecule has 0 bridgehead atoms. The molecule has 14 nitrogen and oxygen atoms in total. The van der Waals surface area contributed by atoms with E-state index < -0.39 is 91.1 Å². The van der Waals surface area contributed by atoms with Crippen molar-refractivity contribution in [1.29, 1.82) is 0 Å². The highest BCUT2D eigenvalue weighted by Gasteiger charge is 2.60. The highest BCUT2D eigenvalue weighted by atomic mass is 35.5. The van der Waals surface area contributed by atoms with E-state index in [0.717, 1.165) is 32.4 Å². The molecule has 66 heavy (non-hydrogen) atoms. The number of ether oxygens (including phenoxy) is 2. The second-order valence-electron chi connectivity index (χ2n) is 16.0. The van der Waals surface area contributed by atoms with Crippen molar-refractivity contribution in [2.75, 3.05) is 6.61 Å². The maximum atomic E-state index is 15.5. The van der Waals surface area contributed by atoms with Crippen molar-refractivity contribution in [2.45, 2.75) is 82.5 Å². The van der Waals surface area contributed by atoms with Gasteiger partial charge in [0, 0.05) is 17.3 Å². The van der Waals surface area contributed by atoms with Gasteiger partial charge in [0.15, 0.2) is 11.4 Å². The van der Waals surface area contributed by atoms with E-state index in [1.54, 1.807) is 30.3 Å². The third kappa shape index (κ3) is 9.65. The molecule has 0 spiro atoms. The number of nitrogens with one attached hydrogen (secondary N) is 2.